The first-order valence-electron chi connectivity index (χ1n) is 6.63. The first-order valence-corrected chi connectivity index (χ1v) is 6.63. The number of nitrogen functional groups attached to an aromatic ring is 1. The molecule has 0 atom stereocenters. The number of hydrogen-bond donors (Lipinski definition) is 2. The van der Waals surface area contributed by atoms with Crippen LogP contribution in [-0.2, 0) is 0 Å². The molecule has 0 aliphatic heterocycles. The van der Waals surface area contributed by atoms with Crippen LogP contribution in [-0.4, -0.2) is 12.5 Å². The number of anilines is 1. The number of carbonyl (C=O) groups is 1. The largest absolute Gasteiger partial charge is 0.455 e. The average Bonchev–Trinajstić information content (AvgIpc) is 2.45. The van der Waals surface area contributed by atoms with Gasteiger partial charge < -0.3 is 15.8 Å². The number of benzene rings is 2. The number of nitrogens with one attached hydrogen (secondary N) is 1. The minimum absolute atomic E-state index is 0.197. The van der Waals surface area contributed by atoms with Gasteiger partial charge in [-0.1, -0.05) is 0 Å². The highest BCUT2D eigenvalue weighted by Gasteiger charge is 2.10. The summed E-state index contributed by atoms with van der Waals surface area (Å²) in [5.74, 6) is 0.336. The van der Waals surface area contributed by atoms with Crippen molar-refractivity contribution in [2.75, 3.05) is 12.3 Å². The molecule has 110 valence electrons. The Bertz CT molecular complexity index is 671. The molecule has 0 radical (unpaired) electrons. The van der Waals surface area contributed by atoms with Crippen LogP contribution >= 0.6 is 0 Å². The number of halogens is 1. The molecule has 21 heavy (non-hydrogen) atoms. The molecule has 0 spiro atoms. The van der Waals surface area contributed by atoms with Gasteiger partial charge in [-0.25, -0.2) is 4.39 Å². The number of hydrogen-bond acceptors (Lipinski definition) is 3. The highest BCUT2D eigenvalue weighted by molar-refractivity contribution is 5.95. The Kier molecular flexibility index (Phi) is 4.42. The van der Waals surface area contributed by atoms with Crippen LogP contribution in [0.4, 0.5) is 10.1 Å². The summed E-state index contributed by atoms with van der Waals surface area (Å²) in [5, 5.41) is 2.70. The van der Waals surface area contributed by atoms with Gasteiger partial charge in [0.15, 0.2) is 5.75 Å². The van der Waals surface area contributed by atoms with Crippen molar-refractivity contribution >= 4 is 11.6 Å². The normalized spacial score (nSPS) is 10.2. The molecule has 0 heterocycles. The van der Waals surface area contributed by atoms with E-state index >= 15 is 0 Å². The van der Waals surface area contributed by atoms with Gasteiger partial charge in [0, 0.05) is 12.1 Å². The van der Waals surface area contributed by atoms with Gasteiger partial charge in [0.05, 0.1) is 5.69 Å². The number of rotatable bonds is 4. The van der Waals surface area contributed by atoms with Crippen LogP contribution in [0.5, 0.6) is 11.5 Å². The maximum Gasteiger partial charge on any atom is 0.251 e. The van der Waals surface area contributed by atoms with E-state index in [0.717, 1.165) is 0 Å². The quantitative estimate of drug-likeness (QED) is 0.849. The van der Waals surface area contributed by atoms with Crippen LogP contribution in [0.3, 0.4) is 0 Å². The van der Waals surface area contributed by atoms with Gasteiger partial charge in [0.1, 0.15) is 11.6 Å². The van der Waals surface area contributed by atoms with E-state index < -0.39 is 0 Å². The van der Waals surface area contributed by atoms with E-state index in [-0.39, 0.29) is 11.7 Å². The third-order valence-electron chi connectivity index (χ3n) is 2.97. The summed E-state index contributed by atoms with van der Waals surface area (Å²) in [6.45, 7) is 4.03. The van der Waals surface area contributed by atoms with Crippen LogP contribution in [0.1, 0.15) is 22.8 Å². The molecule has 4 nitrogen and oxygen atoms in total. The molecule has 0 unspecified atom stereocenters. The topological polar surface area (TPSA) is 64.4 Å². The lowest BCUT2D eigenvalue weighted by atomic mass is 10.1. The van der Waals surface area contributed by atoms with E-state index in [1.54, 1.807) is 31.2 Å². The molecular weight excluding hydrogens is 271 g/mol. The van der Waals surface area contributed by atoms with Gasteiger partial charge in [-0.15, -0.1) is 0 Å². The number of aryl methyl sites for hydroxylation is 1. The second kappa shape index (κ2) is 6.26. The van der Waals surface area contributed by atoms with Crippen molar-refractivity contribution in [3.8, 4) is 11.5 Å². The molecule has 0 aliphatic carbocycles. The molecule has 0 aromatic heterocycles. The summed E-state index contributed by atoms with van der Waals surface area (Å²) in [4.78, 5) is 11.8. The Morgan fingerprint density at radius 1 is 1.29 bits per heavy atom. The summed E-state index contributed by atoms with van der Waals surface area (Å²) in [6.07, 6.45) is 0. The Labute approximate surface area is 122 Å². The lowest BCUT2D eigenvalue weighted by Crippen LogP contribution is -2.22. The van der Waals surface area contributed by atoms with E-state index in [1.165, 1.54) is 12.1 Å². The summed E-state index contributed by atoms with van der Waals surface area (Å²) >= 11 is 0. The lowest BCUT2D eigenvalue weighted by Gasteiger charge is -2.11. The first-order chi connectivity index (χ1) is 10.0. The number of nitrogens with two attached hydrogens (primary N) is 1. The third kappa shape index (κ3) is 3.51. The number of amides is 1. The molecule has 0 fully saturated rings. The average molecular weight is 288 g/mol. The molecule has 1 amide bonds. The van der Waals surface area contributed by atoms with Crippen molar-refractivity contribution in [2.45, 2.75) is 13.8 Å². The maximum absolute atomic E-state index is 13.2. The second-order valence-corrected chi connectivity index (χ2v) is 4.63. The highest BCUT2D eigenvalue weighted by atomic mass is 19.1. The van der Waals surface area contributed by atoms with Crippen molar-refractivity contribution in [2.24, 2.45) is 0 Å². The lowest BCUT2D eigenvalue weighted by molar-refractivity contribution is 0.0955. The van der Waals surface area contributed by atoms with Crippen LogP contribution in [0.15, 0.2) is 36.4 Å². The molecule has 2 aromatic rings. The zero-order chi connectivity index (χ0) is 15.4. The molecule has 0 bridgehead atoms. The van der Waals surface area contributed by atoms with Crippen LogP contribution < -0.4 is 15.8 Å². The molecule has 2 rings (SSSR count). The number of ether oxygens (including phenoxy) is 1. The smallest absolute Gasteiger partial charge is 0.251 e. The molecule has 0 saturated heterocycles. The molecular formula is C16H17FN2O2. The Morgan fingerprint density at radius 2 is 2.05 bits per heavy atom. The molecule has 3 N–H and O–H groups in total. The van der Waals surface area contributed by atoms with Gasteiger partial charge in [-0.05, 0) is 55.8 Å². The molecule has 5 heteroatoms. The molecule has 0 saturated carbocycles. The van der Waals surface area contributed by atoms with Gasteiger partial charge in [0.25, 0.3) is 5.91 Å². The van der Waals surface area contributed by atoms with Crippen molar-refractivity contribution in [1.29, 1.82) is 0 Å². The summed E-state index contributed by atoms with van der Waals surface area (Å²) in [7, 11) is 0. The van der Waals surface area contributed by atoms with Gasteiger partial charge in [-0.2, -0.15) is 0 Å². The Hall–Kier alpha value is -2.56. The first kappa shape index (κ1) is 14.8. The van der Waals surface area contributed by atoms with Crippen molar-refractivity contribution < 1.29 is 13.9 Å². The minimum atomic E-state index is -0.300. The van der Waals surface area contributed by atoms with Crippen LogP contribution in [0.2, 0.25) is 0 Å². The maximum atomic E-state index is 13.2. The van der Waals surface area contributed by atoms with Crippen molar-refractivity contribution in [1.82, 2.24) is 5.32 Å². The van der Waals surface area contributed by atoms with Gasteiger partial charge in [-0.3, -0.25) is 4.79 Å². The summed E-state index contributed by atoms with van der Waals surface area (Å²) in [6, 6.07) is 9.22. The molecule has 0 aliphatic rings. The third-order valence-corrected chi connectivity index (χ3v) is 2.97. The highest BCUT2D eigenvalue weighted by Crippen LogP contribution is 2.29. The zero-order valence-corrected chi connectivity index (χ0v) is 11.9. The van der Waals surface area contributed by atoms with E-state index in [4.69, 9.17) is 10.5 Å². The van der Waals surface area contributed by atoms with E-state index in [9.17, 15) is 9.18 Å². The molecule has 2 aromatic carbocycles. The Morgan fingerprint density at radius 3 is 2.71 bits per heavy atom. The van der Waals surface area contributed by atoms with Crippen molar-refractivity contribution in [3.05, 3.63) is 53.3 Å². The fourth-order valence-corrected chi connectivity index (χ4v) is 1.83. The van der Waals surface area contributed by atoms with E-state index in [2.05, 4.69) is 5.32 Å². The van der Waals surface area contributed by atoms with Gasteiger partial charge >= 0.3 is 0 Å². The second-order valence-electron chi connectivity index (χ2n) is 4.63. The number of carbonyl (C=O) groups excluding carboxylic acids is 1. The van der Waals surface area contributed by atoms with Crippen molar-refractivity contribution in [3.63, 3.8) is 0 Å². The standard InChI is InChI=1S/C16H17FN2O2/c1-3-19-16(20)11-4-7-14(18)15(9-11)21-12-5-6-13(17)10(2)8-12/h4-9H,3,18H2,1-2H3,(H,19,20). The zero-order valence-electron chi connectivity index (χ0n) is 11.9. The summed E-state index contributed by atoms with van der Waals surface area (Å²) in [5.41, 5.74) is 7.19. The SMILES string of the molecule is CCNC(=O)c1ccc(N)c(Oc2ccc(F)c(C)c2)c1. The van der Waals surface area contributed by atoms with Gasteiger partial charge in [0.2, 0.25) is 0 Å². The fraction of sp³-hybridized carbons (Fsp3) is 0.188. The predicted molar refractivity (Wildman–Crippen MR) is 80.1 cm³/mol. The van der Waals surface area contributed by atoms with Crippen LogP contribution in [0, 0.1) is 12.7 Å². The van der Waals surface area contributed by atoms with E-state index in [0.29, 0.717) is 34.9 Å². The minimum Gasteiger partial charge on any atom is -0.455 e. The monoisotopic (exact) mass is 288 g/mol. The fourth-order valence-electron chi connectivity index (χ4n) is 1.83. The van der Waals surface area contributed by atoms with E-state index in [1.807, 2.05) is 6.92 Å². The van der Waals surface area contributed by atoms with Crippen LogP contribution in [0.25, 0.3) is 0 Å². The summed E-state index contributed by atoms with van der Waals surface area (Å²) < 4.78 is 18.9. The predicted octanol–water partition coefficient (Wildman–Crippen LogP) is 3.26. The Balaban J connectivity index is 2.28.